The molecule has 1 saturated heterocycles. The van der Waals surface area contributed by atoms with Crippen LogP contribution in [0, 0.1) is 17.1 Å². The van der Waals surface area contributed by atoms with Crippen LogP contribution in [-0.4, -0.2) is 24.0 Å². The van der Waals surface area contributed by atoms with Crippen LogP contribution in [0.15, 0.2) is 24.3 Å². The fourth-order valence-corrected chi connectivity index (χ4v) is 1.74. The Hall–Kier alpha value is -2.09. The van der Waals surface area contributed by atoms with Gasteiger partial charge in [0, 0.05) is 12.1 Å². The van der Waals surface area contributed by atoms with Gasteiger partial charge in [-0.1, -0.05) is 18.2 Å². The summed E-state index contributed by atoms with van der Waals surface area (Å²) in [5.41, 5.74) is 0.455. The molecular formula is C11H10FN3O. The number of amides is 2. The van der Waals surface area contributed by atoms with Crippen LogP contribution in [0.4, 0.5) is 9.18 Å². The van der Waals surface area contributed by atoms with Crippen LogP contribution < -0.4 is 5.32 Å². The van der Waals surface area contributed by atoms with Crippen molar-refractivity contribution in [2.75, 3.05) is 13.1 Å². The lowest BCUT2D eigenvalue weighted by molar-refractivity contribution is 0.222. The predicted molar refractivity (Wildman–Crippen MR) is 54.9 cm³/mol. The molecule has 0 radical (unpaired) electrons. The number of hydrogen-bond acceptors (Lipinski definition) is 2. The quantitative estimate of drug-likeness (QED) is 0.765. The van der Waals surface area contributed by atoms with Crippen molar-refractivity contribution in [1.29, 1.82) is 5.26 Å². The number of benzene rings is 1. The number of nitriles is 1. The molecule has 1 N–H and O–H groups in total. The first kappa shape index (κ1) is 10.4. The summed E-state index contributed by atoms with van der Waals surface area (Å²) in [4.78, 5) is 12.8. The molecule has 1 aliphatic heterocycles. The molecule has 1 aromatic rings. The van der Waals surface area contributed by atoms with Crippen molar-refractivity contribution in [3.05, 3.63) is 35.6 Å². The molecule has 0 aliphatic carbocycles. The van der Waals surface area contributed by atoms with Gasteiger partial charge in [-0.3, -0.25) is 0 Å². The van der Waals surface area contributed by atoms with E-state index in [9.17, 15) is 9.18 Å². The molecule has 5 heteroatoms. The highest BCUT2D eigenvalue weighted by molar-refractivity contribution is 5.77. The fourth-order valence-electron chi connectivity index (χ4n) is 1.74. The average Bonchev–Trinajstić information content (AvgIpc) is 2.61. The molecule has 1 heterocycles. The van der Waals surface area contributed by atoms with Crippen molar-refractivity contribution >= 4 is 6.03 Å². The Morgan fingerprint density at radius 3 is 3.00 bits per heavy atom. The first-order valence-corrected chi connectivity index (χ1v) is 4.89. The van der Waals surface area contributed by atoms with Crippen molar-refractivity contribution in [2.24, 2.45) is 0 Å². The van der Waals surface area contributed by atoms with Gasteiger partial charge in [-0.25, -0.2) is 9.18 Å². The van der Waals surface area contributed by atoms with Crippen molar-refractivity contribution in [2.45, 2.75) is 6.04 Å². The minimum Gasteiger partial charge on any atom is -0.329 e. The van der Waals surface area contributed by atoms with Crippen LogP contribution in [0.25, 0.3) is 0 Å². The maximum Gasteiger partial charge on any atom is 0.318 e. The molecular weight excluding hydrogens is 209 g/mol. The number of nitrogens with zero attached hydrogens (tertiary/aromatic N) is 2. The Morgan fingerprint density at radius 2 is 2.31 bits per heavy atom. The Kier molecular flexibility index (Phi) is 2.73. The molecule has 1 atom stereocenters. The highest BCUT2D eigenvalue weighted by Crippen LogP contribution is 2.22. The lowest BCUT2D eigenvalue weighted by Crippen LogP contribution is -2.28. The summed E-state index contributed by atoms with van der Waals surface area (Å²) in [6, 6.07) is 7.51. The first-order chi connectivity index (χ1) is 7.72. The van der Waals surface area contributed by atoms with E-state index in [0.717, 1.165) is 0 Å². The minimum atomic E-state index is -0.373. The van der Waals surface area contributed by atoms with Crippen LogP contribution in [0.1, 0.15) is 11.6 Å². The number of urea groups is 1. The Labute approximate surface area is 92.3 Å². The summed E-state index contributed by atoms with van der Waals surface area (Å²) in [6.45, 7) is 0.351. The van der Waals surface area contributed by atoms with Crippen LogP contribution in [0.5, 0.6) is 0 Å². The number of halogens is 1. The molecule has 1 aliphatic rings. The van der Waals surface area contributed by atoms with Crippen molar-refractivity contribution < 1.29 is 9.18 Å². The van der Waals surface area contributed by atoms with Gasteiger partial charge in [-0.2, -0.15) is 5.26 Å². The zero-order valence-electron chi connectivity index (χ0n) is 8.48. The zero-order valence-corrected chi connectivity index (χ0v) is 8.48. The Bertz CT molecular complexity index is 455. The van der Waals surface area contributed by atoms with Gasteiger partial charge >= 0.3 is 6.03 Å². The summed E-state index contributed by atoms with van der Waals surface area (Å²) in [7, 11) is 0. The summed E-state index contributed by atoms with van der Waals surface area (Å²) >= 11 is 0. The fraction of sp³-hybridized carbons (Fsp3) is 0.273. The van der Waals surface area contributed by atoms with E-state index in [1.54, 1.807) is 18.2 Å². The van der Waals surface area contributed by atoms with E-state index in [1.165, 1.54) is 11.0 Å². The number of rotatable bonds is 2. The monoisotopic (exact) mass is 219 g/mol. The van der Waals surface area contributed by atoms with Crippen LogP contribution in [0.2, 0.25) is 0 Å². The molecule has 0 bridgehead atoms. The SMILES string of the molecule is N#CCN1CC(c2ccccc2F)NC1=O. The van der Waals surface area contributed by atoms with E-state index in [-0.39, 0.29) is 24.4 Å². The van der Waals surface area contributed by atoms with Crippen molar-refractivity contribution in [3.8, 4) is 6.07 Å². The highest BCUT2D eigenvalue weighted by atomic mass is 19.1. The summed E-state index contributed by atoms with van der Waals surface area (Å²) in [6.07, 6.45) is 0. The summed E-state index contributed by atoms with van der Waals surface area (Å²) in [5.74, 6) is -0.341. The number of hydrogen-bond donors (Lipinski definition) is 1. The van der Waals surface area contributed by atoms with E-state index < -0.39 is 0 Å². The van der Waals surface area contributed by atoms with Gasteiger partial charge in [0.2, 0.25) is 0 Å². The molecule has 2 rings (SSSR count). The van der Waals surface area contributed by atoms with Crippen LogP contribution in [0.3, 0.4) is 0 Å². The van der Waals surface area contributed by atoms with Gasteiger partial charge in [0.05, 0.1) is 12.1 Å². The molecule has 82 valence electrons. The Balaban J connectivity index is 2.18. The van der Waals surface area contributed by atoms with Crippen LogP contribution in [-0.2, 0) is 0 Å². The van der Waals surface area contributed by atoms with Gasteiger partial charge < -0.3 is 10.2 Å². The van der Waals surface area contributed by atoms with Gasteiger partial charge in [-0.15, -0.1) is 0 Å². The maximum atomic E-state index is 13.4. The topological polar surface area (TPSA) is 56.1 Å². The number of carbonyl (C=O) groups is 1. The second-order valence-corrected chi connectivity index (χ2v) is 3.56. The summed E-state index contributed by atoms with van der Waals surface area (Å²) < 4.78 is 13.4. The van der Waals surface area contributed by atoms with E-state index in [4.69, 9.17) is 5.26 Å². The third-order valence-corrected chi connectivity index (χ3v) is 2.53. The second-order valence-electron chi connectivity index (χ2n) is 3.56. The molecule has 1 aromatic carbocycles. The Morgan fingerprint density at radius 1 is 1.56 bits per heavy atom. The lowest BCUT2D eigenvalue weighted by Gasteiger charge is -2.11. The molecule has 0 aromatic heterocycles. The largest absolute Gasteiger partial charge is 0.329 e. The average molecular weight is 219 g/mol. The zero-order chi connectivity index (χ0) is 11.5. The third-order valence-electron chi connectivity index (χ3n) is 2.53. The maximum absolute atomic E-state index is 13.4. The lowest BCUT2D eigenvalue weighted by atomic mass is 10.1. The molecule has 16 heavy (non-hydrogen) atoms. The molecule has 2 amide bonds. The number of nitrogens with one attached hydrogen (secondary N) is 1. The van der Waals surface area contributed by atoms with Gasteiger partial charge in [0.25, 0.3) is 0 Å². The number of carbonyl (C=O) groups excluding carboxylic acids is 1. The van der Waals surface area contributed by atoms with Gasteiger partial charge in [0.15, 0.2) is 0 Å². The molecule has 4 nitrogen and oxygen atoms in total. The standard InChI is InChI=1S/C11H10FN3O/c12-9-4-2-1-3-8(9)10-7-15(6-5-13)11(16)14-10/h1-4,10H,6-7H2,(H,14,16). The normalized spacial score (nSPS) is 19.4. The van der Waals surface area contributed by atoms with Crippen molar-refractivity contribution in [1.82, 2.24) is 10.2 Å². The smallest absolute Gasteiger partial charge is 0.318 e. The second kappa shape index (κ2) is 4.19. The van der Waals surface area contributed by atoms with E-state index in [0.29, 0.717) is 12.1 Å². The minimum absolute atomic E-state index is 0.0246. The molecule has 0 saturated carbocycles. The van der Waals surface area contributed by atoms with Crippen LogP contribution >= 0.6 is 0 Å². The highest BCUT2D eigenvalue weighted by Gasteiger charge is 2.30. The van der Waals surface area contributed by atoms with E-state index in [2.05, 4.69) is 5.32 Å². The molecule has 1 unspecified atom stereocenters. The molecule has 0 spiro atoms. The van der Waals surface area contributed by atoms with Gasteiger partial charge in [-0.05, 0) is 6.07 Å². The third kappa shape index (κ3) is 1.82. The predicted octanol–water partition coefficient (Wildman–Crippen LogP) is 1.42. The van der Waals surface area contributed by atoms with Crippen molar-refractivity contribution in [3.63, 3.8) is 0 Å². The summed E-state index contributed by atoms with van der Waals surface area (Å²) in [5, 5.41) is 11.2. The first-order valence-electron chi connectivity index (χ1n) is 4.89. The van der Waals surface area contributed by atoms with E-state index in [1.807, 2.05) is 6.07 Å². The molecule has 1 fully saturated rings. The van der Waals surface area contributed by atoms with E-state index >= 15 is 0 Å². The van der Waals surface area contributed by atoms with Gasteiger partial charge in [0.1, 0.15) is 12.4 Å².